The van der Waals surface area contributed by atoms with Crippen LogP contribution in [-0.2, 0) is 6.42 Å². The van der Waals surface area contributed by atoms with Gasteiger partial charge in [0.25, 0.3) is 5.69 Å². The van der Waals surface area contributed by atoms with Gasteiger partial charge in [-0.25, -0.2) is 0 Å². The van der Waals surface area contributed by atoms with E-state index in [4.69, 9.17) is 0 Å². The quantitative estimate of drug-likeness (QED) is 0.469. The molecule has 0 spiro atoms. The minimum absolute atomic E-state index is 0. The lowest BCUT2D eigenvalue weighted by Crippen LogP contribution is -3.13. The summed E-state index contributed by atoms with van der Waals surface area (Å²) in [6.45, 7) is 2.90. The van der Waals surface area contributed by atoms with Crippen LogP contribution in [0.2, 0.25) is 0 Å². The number of benzene rings is 1. The molecule has 112 valence electrons. The molecule has 1 unspecified atom stereocenters. The molecule has 1 aliphatic rings. The molecule has 5 nitrogen and oxygen atoms in total. The summed E-state index contributed by atoms with van der Waals surface area (Å²) in [7, 11) is 0. The van der Waals surface area contributed by atoms with E-state index in [2.05, 4.69) is 0 Å². The third kappa shape index (κ3) is 4.74. The Hall–Kier alpha value is -1.17. The van der Waals surface area contributed by atoms with E-state index in [9.17, 15) is 15.2 Å². The fraction of sp³-hybridized carbons (Fsp3) is 0.571. The van der Waals surface area contributed by atoms with Crippen molar-refractivity contribution in [2.45, 2.75) is 31.8 Å². The van der Waals surface area contributed by atoms with Crippen LogP contribution in [0, 0.1) is 10.1 Å². The summed E-state index contributed by atoms with van der Waals surface area (Å²) < 4.78 is 0. The highest BCUT2D eigenvalue weighted by Crippen LogP contribution is 2.18. The zero-order chi connectivity index (χ0) is 13.7. The smallest absolute Gasteiger partial charge is 0.272 e. The minimum atomic E-state index is -0.505. The van der Waals surface area contributed by atoms with Crippen LogP contribution in [0.3, 0.4) is 0 Å². The highest BCUT2D eigenvalue weighted by molar-refractivity contribution is 5.40. The van der Waals surface area contributed by atoms with E-state index in [1.807, 2.05) is 0 Å². The van der Waals surface area contributed by atoms with Gasteiger partial charge in [-0.15, -0.1) is 0 Å². The highest BCUT2D eigenvalue weighted by Gasteiger charge is 2.21. The molecule has 0 bridgehead atoms. The number of para-hydroxylation sites is 1. The Balaban J connectivity index is 0.00000200. The first kappa shape index (κ1) is 16.9. The topological polar surface area (TPSA) is 67.8 Å². The van der Waals surface area contributed by atoms with Crippen LogP contribution >= 0.6 is 0 Å². The van der Waals surface area contributed by atoms with E-state index in [1.165, 1.54) is 30.2 Å². The number of likely N-dealkylation sites (tertiary alicyclic amines) is 1. The van der Waals surface area contributed by atoms with E-state index in [0.29, 0.717) is 18.5 Å². The van der Waals surface area contributed by atoms with Crippen LogP contribution in [0.1, 0.15) is 24.8 Å². The van der Waals surface area contributed by atoms with E-state index in [0.717, 1.165) is 13.1 Å². The lowest BCUT2D eigenvalue weighted by molar-refractivity contribution is -0.907. The number of rotatable bonds is 5. The predicted octanol–water partition coefficient (Wildman–Crippen LogP) is -2.43. The molecule has 0 saturated carbocycles. The minimum Gasteiger partial charge on any atom is -1.00 e. The van der Waals surface area contributed by atoms with E-state index in [-0.39, 0.29) is 23.0 Å². The van der Waals surface area contributed by atoms with Gasteiger partial charge in [0, 0.05) is 18.1 Å². The molecular formula is C14H21ClN2O3. The number of piperidine rings is 1. The maximum absolute atomic E-state index is 10.9. The molecular weight excluding hydrogens is 280 g/mol. The summed E-state index contributed by atoms with van der Waals surface area (Å²) in [6.07, 6.45) is 3.57. The number of nitro benzene ring substituents is 1. The van der Waals surface area contributed by atoms with E-state index in [1.54, 1.807) is 18.2 Å². The molecule has 0 radical (unpaired) electrons. The summed E-state index contributed by atoms with van der Waals surface area (Å²) in [5, 5.41) is 21.0. The first-order valence-electron chi connectivity index (χ1n) is 6.91. The summed E-state index contributed by atoms with van der Waals surface area (Å²) in [6, 6.07) is 6.66. The van der Waals surface area contributed by atoms with Gasteiger partial charge in [0.15, 0.2) is 0 Å². The molecule has 1 aromatic carbocycles. The fourth-order valence-electron chi connectivity index (χ4n) is 2.78. The van der Waals surface area contributed by atoms with Gasteiger partial charge >= 0.3 is 0 Å². The Labute approximate surface area is 125 Å². The molecule has 6 heteroatoms. The SMILES string of the molecule is O=[N+]([O-])c1ccccc1CC(O)C[NH+]1CCCCC1.[Cl-]. The van der Waals surface area contributed by atoms with E-state index >= 15 is 0 Å². The standard InChI is InChI=1S/C14H20N2O3.ClH/c17-13(11-15-8-4-1-5-9-15)10-12-6-2-3-7-14(12)16(18)19;/h2-3,6-7,13,17H,1,4-5,8-11H2;1H. The van der Waals surface area contributed by atoms with Gasteiger partial charge < -0.3 is 22.4 Å². The number of hydrogen-bond donors (Lipinski definition) is 2. The summed E-state index contributed by atoms with van der Waals surface area (Å²) in [4.78, 5) is 11.9. The average Bonchev–Trinajstić information content (AvgIpc) is 2.40. The summed E-state index contributed by atoms with van der Waals surface area (Å²) in [5.74, 6) is 0. The van der Waals surface area contributed by atoms with Gasteiger partial charge in [-0.05, 0) is 19.3 Å². The van der Waals surface area contributed by atoms with Crippen molar-refractivity contribution in [2.75, 3.05) is 19.6 Å². The number of nitro groups is 1. The van der Waals surface area contributed by atoms with Crippen molar-refractivity contribution < 1.29 is 27.3 Å². The molecule has 0 aliphatic carbocycles. The number of nitrogens with zero attached hydrogens (tertiary/aromatic N) is 1. The maximum atomic E-state index is 10.9. The van der Waals surface area contributed by atoms with Gasteiger partial charge in [-0.2, -0.15) is 0 Å². The van der Waals surface area contributed by atoms with Crippen molar-refractivity contribution in [1.29, 1.82) is 0 Å². The maximum Gasteiger partial charge on any atom is 0.272 e. The Morgan fingerprint density at radius 2 is 1.90 bits per heavy atom. The predicted molar refractivity (Wildman–Crippen MR) is 72.2 cm³/mol. The Morgan fingerprint density at radius 3 is 2.55 bits per heavy atom. The summed E-state index contributed by atoms with van der Waals surface area (Å²) >= 11 is 0. The molecule has 1 atom stereocenters. The van der Waals surface area contributed by atoms with Gasteiger partial charge in [-0.3, -0.25) is 10.1 Å². The van der Waals surface area contributed by atoms with Gasteiger partial charge in [0.1, 0.15) is 12.6 Å². The Bertz CT molecular complexity index is 436. The monoisotopic (exact) mass is 300 g/mol. The third-order valence-corrected chi connectivity index (χ3v) is 3.73. The number of aliphatic hydroxyl groups excluding tert-OH is 1. The number of aliphatic hydroxyl groups is 1. The molecule has 1 heterocycles. The second-order valence-electron chi connectivity index (χ2n) is 5.26. The van der Waals surface area contributed by atoms with E-state index < -0.39 is 6.10 Å². The number of nitrogens with one attached hydrogen (secondary N) is 1. The number of halogens is 1. The second-order valence-corrected chi connectivity index (χ2v) is 5.26. The van der Waals surface area contributed by atoms with Crippen molar-refractivity contribution >= 4 is 5.69 Å². The Kier molecular flexibility index (Phi) is 6.91. The van der Waals surface area contributed by atoms with Gasteiger partial charge in [0.2, 0.25) is 0 Å². The van der Waals surface area contributed by atoms with Crippen LogP contribution < -0.4 is 17.3 Å². The van der Waals surface area contributed by atoms with Crippen molar-refractivity contribution in [1.82, 2.24) is 0 Å². The first-order valence-corrected chi connectivity index (χ1v) is 6.91. The fourth-order valence-corrected chi connectivity index (χ4v) is 2.78. The molecule has 2 rings (SSSR count). The van der Waals surface area contributed by atoms with Crippen LogP contribution in [0.25, 0.3) is 0 Å². The first-order chi connectivity index (χ1) is 9.16. The average molecular weight is 301 g/mol. The van der Waals surface area contributed by atoms with Gasteiger partial charge in [0.05, 0.1) is 18.0 Å². The lowest BCUT2D eigenvalue weighted by atomic mass is 10.0. The van der Waals surface area contributed by atoms with Crippen molar-refractivity contribution in [3.63, 3.8) is 0 Å². The van der Waals surface area contributed by atoms with Crippen LogP contribution in [0.15, 0.2) is 24.3 Å². The highest BCUT2D eigenvalue weighted by atomic mass is 35.5. The molecule has 20 heavy (non-hydrogen) atoms. The zero-order valence-electron chi connectivity index (χ0n) is 11.4. The number of quaternary nitrogens is 1. The molecule has 1 fully saturated rings. The third-order valence-electron chi connectivity index (χ3n) is 3.73. The van der Waals surface area contributed by atoms with Crippen molar-refractivity contribution in [2.24, 2.45) is 0 Å². The molecule has 1 aromatic rings. The van der Waals surface area contributed by atoms with Crippen molar-refractivity contribution in [3.05, 3.63) is 39.9 Å². The Morgan fingerprint density at radius 1 is 1.25 bits per heavy atom. The number of hydrogen-bond acceptors (Lipinski definition) is 3. The van der Waals surface area contributed by atoms with Crippen LogP contribution in [0.4, 0.5) is 5.69 Å². The molecule has 1 aliphatic heterocycles. The molecule has 2 N–H and O–H groups in total. The normalized spacial score (nSPS) is 17.2. The lowest BCUT2D eigenvalue weighted by Gasteiger charge is -2.25. The second kappa shape index (κ2) is 8.19. The van der Waals surface area contributed by atoms with Crippen molar-refractivity contribution in [3.8, 4) is 0 Å². The van der Waals surface area contributed by atoms with Gasteiger partial charge in [-0.1, -0.05) is 18.2 Å². The zero-order valence-corrected chi connectivity index (χ0v) is 12.2. The largest absolute Gasteiger partial charge is 1.00 e. The molecule has 0 amide bonds. The summed E-state index contributed by atoms with van der Waals surface area (Å²) in [5.41, 5.74) is 0.728. The van der Waals surface area contributed by atoms with Crippen LogP contribution in [0.5, 0.6) is 0 Å². The molecule has 0 aromatic heterocycles. The molecule has 1 saturated heterocycles. The van der Waals surface area contributed by atoms with Crippen LogP contribution in [-0.4, -0.2) is 35.8 Å².